The van der Waals surface area contributed by atoms with Gasteiger partial charge in [0.2, 0.25) is 0 Å². The Morgan fingerprint density at radius 1 is 0.274 bits per heavy atom. The lowest BCUT2D eigenvalue weighted by Crippen LogP contribution is -2.28. The van der Waals surface area contributed by atoms with Crippen molar-refractivity contribution in [1.29, 1.82) is 0 Å². The second-order valence-electron chi connectivity index (χ2n) is 19.1. The van der Waals surface area contributed by atoms with Gasteiger partial charge in [0, 0.05) is 27.8 Å². The summed E-state index contributed by atoms with van der Waals surface area (Å²) in [5.41, 5.74) is 21.6. The lowest BCUT2D eigenvalue weighted by molar-refractivity contribution is 0.669. The molecule has 342 valence electrons. The molecule has 1 aliphatic carbocycles. The molecule has 2 heteroatoms. The Bertz CT molecular complexity index is 4130. The number of para-hydroxylation sites is 1. The molecule has 2 nitrogen and oxygen atoms in total. The van der Waals surface area contributed by atoms with E-state index in [2.05, 4.69) is 278 Å². The Hall–Kier alpha value is -9.50. The average molecular weight is 930 g/mol. The van der Waals surface area contributed by atoms with Crippen molar-refractivity contribution in [3.63, 3.8) is 0 Å². The summed E-state index contributed by atoms with van der Waals surface area (Å²) in [5, 5.41) is 4.78. The zero-order valence-corrected chi connectivity index (χ0v) is 40.0. The van der Waals surface area contributed by atoms with Crippen LogP contribution in [0, 0.1) is 0 Å². The minimum Gasteiger partial charge on any atom is -0.456 e. The molecule has 1 aromatic heterocycles. The molecule has 13 aromatic rings. The number of hydrogen-bond donors (Lipinski definition) is 0. The summed E-state index contributed by atoms with van der Waals surface area (Å²) in [6.07, 6.45) is 0. The van der Waals surface area contributed by atoms with E-state index in [0.717, 1.165) is 61.3 Å². The molecule has 0 aliphatic heterocycles. The van der Waals surface area contributed by atoms with Crippen molar-refractivity contribution in [2.75, 3.05) is 4.90 Å². The summed E-state index contributed by atoms with van der Waals surface area (Å²) in [6.45, 7) is 0. The Balaban J connectivity index is 0.877. The Kier molecular flexibility index (Phi) is 10.1. The maximum absolute atomic E-state index is 6.32. The van der Waals surface area contributed by atoms with E-state index in [1.807, 2.05) is 12.1 Å². The van der Waals surface area contributed by atoms with Crippen LogP contribution >= 0.6 is 0 Å². The molecule has 73 heavy (non-hydrogen) atoms. The molecule has 1 heterocycles. The van der Waals surface area contributed by atoms with Crippen molar-refractivity contribution in [1.82, 2.24) is 0 Å². The van der Waals surface area contributed by atoms with Gasteiger partial charge >= 0.3 is 0 Å². The first-order valence-electron chi connectivity index (χ1n) is 25.1. The summed E-state index contributed by atoms with van der Waals surface area (Å²) in [5.74, 6) is 0. The average Bonchev–Trinajstić information content (AvgIpc) is 4.05. The second-order valence-corrected chi connectivity index (χ2v) is 19.1. The summed E-state index contributed by atoms with van der Waals surface area (Å²) >= 11 is 0. The van der Waals surface area contributed by atoms with Crippen molar-refractivity contribution >= 4 is 49.8 Å². The van der Waals surface area contributed by atoms with E-state index in [1.165, 1.54) is 66.4 Å². The predicted octanol–water partition coefficient (Wildman–Crippen LogP) is 19.2. The third-order valence-corrected chi connectivity index (χ3v) is 15.2. The van der Waals surface area contributed by atoms with Crippen LogP contribution in [0.25, 0.3) is 88.3 Å². The minimum absolute atomic E-state index is 0.483. The highest BCUT2D eigenvalue weighted by Gasteiger charge is 2.46. The lowest BCUT2D eigenvalue weighted by atomic mass is 9.67. The molecule has 0 saturated carbocycles. The van der Waals surface area contributed by atoms with Gasteiger partial charge in [0.05, 0.1) is 5.41 Å². The zero-order valence-electron chi connectivity index (χ0n) is 40.0. The number of rotatable bonds is 9. The van der Waals surface area contributed by atoms with Gasteiger partial charge in [-0.15, -0.1) is 0 Å². The van der Waals surface area contributed by atoms with Gasteiger partial charge in [0.15, 0.2) is 0 Å². The largest absolute Gasteiger partial charge is 0.456 e. The van der Waals surface area contributed by atoms with Crippen molar-refractivity contribution in [3.05, 3.63) is 307 Å². The number of hydrogen-bond acceptors (Lipinski definition) is 2. The first-order chi connectivity index (χ1) is 36.2. The van der Waals surface area contributed by atoms with Crippen LogP contribution in [-0.4, -0.2) is 0 Å². The van der Waals surface area contributed by atoms with Crippen molar-refractivity contribution in [2.24, 2.45) is 0 Å². The van der Waals surface area contributed by atoms with E-state index >= 15 is 0 Å². The van der Waals surface area contributed by atoms with E-state index in [9.17, 15) is 0 Å². The highest BCUT2D eigenvalue weighted by atomic mass is 16.3. The predicted molar refractivity (Wildman–Crippen MR) is 305 cm³/mol. The number of anilines is 3. The fourth-order valence-electron chi connectivity index (χ4n) is 11.8. The van der Waals surface area contributed by atoms with Gasteiger partial charge in [0.1, 0.15) is 11.2 Å². The molecule has 0 saturated heterocycles. The number of furan rings is 1. The Morgan fingerprint density at radius 3 is 1.52 bits per heavy atom. The number of fused-ring (bicyclic) bond motifs is 7. The fraction of sp³-hybridized carbons (Fsp3) is 0.0141. The van der Waals surface area contributed by atoms with Crippen LogP contribution in [0.3, 0.4) is 0 Å². The van der Waals surface area contributed by atoms with E-state index in [1.54, 1.807) is 0 Å². The summed E-state index contributed by atoms with van der Waals surface area (Å²) in [4.78, 5) is 2.39. The van der Waals surface area contributed by atoms with Crippen LogP contribution in [0.2, 0.25) is 0 Å². The van der Waals surface area contributed by atoms with Crippen LogP contribution in [-0.2, 0) is 5.41 Å². The standard InChI is InChI=1S/C71H47NO/c1-3-19-55(20-4-1)71(56-21-5-2-6-22-56)66-29-11-9-26-65(66)70-62(28-15-30-67(70)71)54-18-13-23-59(46-54)72(58-43-38-50(39-44-58)53-40-45-64-63-25-10-12-31-68(63)73-69(64)47-53)57-41-36-49(37-42-57)48-32-34-52(35-33-48)61-27-14-17-51-16-7-8-24-60(51)61/h1-47H. The smallest absolute Gasteiger partial charge is 0.136 e. The second kappa shape index (κ2) is 17.4. The summed E-state index contributed by atoms with van der Waals surface area (Å²) in [7, 11) is 0. The van der Waals surface area contributed by atoms with Crippen LogP contribution in [0.1, 0.15) is 22.3 Å². The molecule has 1 aliphatic rings. The summed E-state index contributed by atoms with van der Waals surface area (Å²) < 4.78 is 6.32. The zero-order chi connectivity index (χ0) is 48.3. The van der Waals surface area contributed by atoms with E-state index in [4.69, 9.17) is 4.42 Å². The molecular weight excluding hydrogens is 883 g/mol. The first kappa shape index (κ1) is 42.4. The highest BCUT2D eigenvalue weighted by molar-refractivity contribution is 6.06. The van der Waals surface area contributed by atoms with Crippen molar-refractivity contribution < 1.29 is 4.42 Å². The van der Waals surface area contributed by atoms with Gasteiger partial charge in [-0.05, 0) is 143 Å². The Morgan fingerprint density at radius 2 is 0.781 bits per heavy atom. The molecule has 0 unspecified atom stereocenters. The van der Waals surface area contributed by atoms with Crippen molar-refractivity contribution in [2.45, 2.75) is 5.41 Å². The first-order valence-corrected chi connectivity index (χ1v) is 25.1. The van der Waals surface area contributed by atoms with Crippen LogP contribution in [0.15, 0.2) is 290 Å². The van der Waals surface area contributed by atoms with Crippen molar-refractivity contribution in [3.8, 4) is 55.6 Å². The number of nitrogens with zero attached hydrogens (tertiary/aromatic N) is 1. The maximum Gasteiger partial charge on any atom is 0.136 e. The molecular formula is C71H47NO. The molecule has 0 fully saturated rings. The third kappa shape index (κ3) is 7.02. The van der Waals surface area contributed by atoms with E-state index < -0.39 is 5.41 Å². The topological polar surface area (TPSA) is 16.4 Å². The number of benzene rings is 12. The molecule has 0 N–H and O–H groups in total. The molecule has 0 amide bonds. The third-order valence-electron chi connectivity index (χ3n) is 15.2. The SMILES string of the molecule is c1ccc(C2(c3ccccc3)c3ccccc3-c3c(-c4cccc(N(c5ccc(-c6ccc(-c7cccc8ccccc78)cc6)cc5)c5ccc(-c6ccc7c(c6)oc6ccccc67)cc5)c4)cccc32)cc1. The molecule has 0 bridgehead atoms. The van der Waals surface area contributed by atoms with Gasteiger partial charge in [-0.3, -0.25) is 0 Å². The quantitative estimate of drug-likeness (QED) is 0.143. The van der Waals surface area contributed by atoms with E-state index in [-0.39, 0.29) is 0 Å². The lowest BCUT2D eigenvalue weighted by Gasteiger charge is -2.34. The van der Waals surface area contributed by atoms with Gasteiger partial charge in [-0.1, -0.05) is 231 Å². The summed E-state index contributed by atoms with van der Waals surface area (Å²) in [6, 6.07) is 104. The normalized spacial score (nSPS) is 12.5. The van der Waals surface area contributed by atoms with Gasteiger partial charge in [-0.2, -0.15) is 0 Å². The molecule has 0 atom stereocenters. The van der Waals surface area contributed by atoms with Gasteiger partial charge < -0.3 is 9.32 Å². The molecule has 0 spiro atoms. The maximum atomic E-state index is 6.32. The Labute approximate surface area is 425 Å². The van der Waals surface area contributed by atoms with Crippen LogP contribution in [0.5, 0.6) is 0 Å². The van der Waals surface area contributed by atoms with E-state index in [0.29, 0.717) is 0 Å². The monoisotopic (exact) mass is 929 g/mol. The molecule has 0 radical (unpaired) electrons. The highest BCUT2D eigenvalue weighted by Crippen LogP contribution is 2.58. The van der Waals surface area contributed by atoms with Crippen LogP contribution < -0.4 is 4.90 Å². The fourth-order valence-corrected chi connectivity index (χ4v) is 11.8. The minimum atomic E-state index is -0.483. The van der Waals surface area contributed by atoms with Crippen LogP contribution in [0.4, 0.5) is 17.1 Å². The molecule has 12 aromatic carbocycles. The van der Waals surface area contributed by atoms with Gasteiger partial charge in [-0.25, -0.2) is 0 Å². The van der Waals surface area contributed by atoms with Gasteiger partial charge in [0.25, 0.3) is 0 Å². The molecule has 14 rings (SSSR count).